The predicted molar refractivity (Wildman–Crippen MR) is 107 cm³/mol. The van der Waals surface area contributed by atoms with E-state index >= 15 is 0 Å². The van der Waals surface area contributed by atoms with E-state index in [4.69, 9.17) is 0 Å². The summed E-state index contributed by atoms with van der Waals surface area (Å²) in [6.45, 7) is 6.90. The third-order valence-electron chi connectivity index (χ3n) is 5.08. The first-order chi connectivity index (χ1) is 12.5. The number of para-hydroxylation sites is 1. The highest BCUT2D eigenvalue weighted by Gasteiger charge is 2.29. The molecule has 26 heavy (non-hydrogen) atoms. The Balaban J connectivity index is 1.85. The van der Waals surface area contributed by atoms with E-state index in [1.165, 1.54) is 18.2 Å². The molecule has 2 unspecified atom stereocenters. The lowest BCUT2D eigenvalue weighted by Crippen LogP contribution is -2.48. The van der Waals surface area contributed by atoms with Gasteiger partial charge in [0.25, 0.3) is 5.56 Å². The number of fused-ring (bicyclic) bond motifs is 1. The van der Waals surface area contributed by atoms with Crippen molar-refractivity contribution in [2.45, 2.75) is 70.2 Å². The minimum Gasteiger partial charge on any atom is -0.337 e. The molecule has 0 spiro atoms. The first-order valence-electron chi connectivity index (χ1n) is 9.46. The van der Waals surface area contributed by atoms with Gasteiger partial charge in [-0.25, -0.2) is 4.98 Å². The molecule has 2 aromatic rings. The van der Waals surface area contributed by atoms with Crippen molar-refractivity contribution in [2.75, 3.05) is 5.75 Å². The maximum Gasteiger partial charge on any atom is 0.262 e. The van der Waals surface area contributed by atoms with Crippen LogP contribution in [0.2, 0.25) is 0 Å². The normalized spacial score (nSPS) is 20.5. The summed E-state index contributed by atoms with van der Waals surface area (Å²) >= 11 is 1.38. The maximum atomic E-state index is 12.8. The molecule has 1 saturated heterocycles. The third-order valence-corrected chi connectivity index (χ3v) is 6.04. The number of likely N-dealkylation sites (tertiary alicyclic amines) is 1. The highest BCUT2D eigenvalue weighted by atomic mass is 32.2. The van der Waals surface area contributed by atoms with Gasteiger partial charge in [-0.15, -0.1) is 0 Å². The molecule has 140 valence electrons. The Kier molecular flexibility index (Phi) is 6.01. The number of carbonyl (C=O) groups is 1. The molecule has 0 saturated carbocycles. The zero-order chi connectivity index (χ0) is 18.7. The van der Waals surface area contributed by atoms with Crippen molar-refractivity contribution in [2.24, 2.45) is 0 Å². The van der Waals surface area contributed by atoms with Gasteiger partial charge in [0.2, 0.25) is 5.91 Å². The van der Waals surface area contributed by atoms with E-state index in [0.717, 1.165) is 19.3 Å². The number of thioether (sulfide) groups is 1. The van der Waals surface area contributed by atoms with Crippen LogP contribution in [0.3, 0.4) is 0 Å². The SMILES string of the molecule is CCCn1c(SCC(=O)N2C(C)CCCC2C)nc2ccccc2c1=O. The van der Waals surface area contributed by atoms with Crippen LogP contribution >= 0.6 is 11.8 Å². The molecular formula is C20H27N3O2S. The second-order valence-corrected chi connectivity index (χ2v) is 8.03. The lowest BCUT2D eigenvalue weighted by molar-refractivity contribution is -0.134. The highest BCUT2D eigenvalue weighted by Crippen LogP contribution is 2.25. The van der Waals surface area contributed by atoms with Gasteiger partial charge < -0.3 is 4.90 Å². The van der Waals surface area contributed by atoms with Crippen LogP contribution in [-0.2, 0) is 11.3 Å². The summed E-state index contributed by atoms with van der Waals surface area (Å²) in [7, 11) is 0. The predicted octanol–water partition coefficient (Wildman–Crippen LogP) is 3.69. The van der Waals surface area contributed by atoms with Crippen molar-refractivity contribution in [3.63, 3.8) is 0 Å². The first kappa shape index (κ1) is 19.0. The smallest absolute Gasteiger partial charge is 0.262 e. The van der Waals surface area contributed by atoms with Crippen molar-refractivity contribution < 1.29 is 4.79 Å². The van der Waals surface area contributed by atoms with E-state index in [0.29, 0.717) is 28.4 Å². The summed E-state index contributed by atoms with van der Waals surface area (Å²) in [5, 5.41) is 1.27. The minimum atomic E-state index is -0.0212. The number of benzene rings is 1. The third kappa shape index (κ3) is 3.80. The molecule has 1 aliphatic heterocycles. The molecule has 6 heteroatoms. The monoisotopic (exact) mass is 373 g/mol. The number of hydrogen-bond donors (Lipinski definition) is 0. The van der Waals surface area contributed by atoms with Crippen LogP contribution in [0.25, 0.3) is 10.9 Å². The van der Waals surface area contributed by atoms with Gasteiger partial charge >= 0.3 is 0 Å². The molecule has 1 aromatic carbocycles. The van der Waals surface area contributed by atoms with E-state index < -0.39 is 0 Å². The van der Waals surface area contributed by atoms with Crippen LogP contribution in [0.4, 0.5) is 0 Å². The van der Waals surface area contributed by atoms with Gasteiger partial charge in [0.15, 0.2) is 5.16 Å². The molecule has 1 aliphatic rings. The van der Waals surface area contributed by atoms with E-state index in [-0.39, 0.29) is 23.6 Å². The molecule has 1 fully saturated rings. The van der Waals surface area contributed by atoms with Gasteiger partial charge in [0.05, 0.1) is 16.7 Å². The quantitative estimate of drug-likeness (QED) is 0.592. The second kappa shape index (κ2) is 8.25. The zero-order valence-corrected chi connectivity index (χ0v) is 16.6. The Morgan fingerprint density at radius 3 is 2.62 bits per heavy atom. The summed E-state index contributed by atoms with van der Waals surface area (Å²) in [5.41, 5.74) is 0.673. The van der Waals surface area contributed by atoms with Crippen molar-refractivity contribution in [3.05, 3.63) is 34.6 Å². The van der Waals surface area contributed by atoms with Crippen LogP contribution in [0.15, 0.2) is 34.2 Å². The number of nitrogens with zero attached hydrogens (tertiary/aromatic N) is 3. The molecule has 0 bridgehead atoms. The average molecular weight is 374 g/mol. The Morgan fingerprint density at radius 1 is 1.23 bits per heavy atom. The van der Waals surface area contributed by atoms with Crippen molar-refractivity contribution >= 4 is 28.6 Å². The number of piperidine rings is 1. The minimum absolute atomic E-state index is 0.0212. The van der Waals surface area contributed by atoms with E-state index in [1.807, 2.05) is 36.1 Å². The van der Waals surface area contributed by atoms with Gasteiger partial charge in [-0.2, -0.15) is 0 Å². The lowest BCUT2D eigenvalue weighted by atomic mass is 9.98. The molecule has 0 aliphatic carbocycles. The maximum absolute atomic E-state index is 12.8. The average Bonchev–Trinajstić information content (AvgIpc) is 2.62. The summed E-state index contributed by atoms with van der Waals surface area (Å²) in [5.74, 6) is 0.462. The molecule has 0 radical (unpaired) electrons. The van der Waals surface area contributed by atoms with Gasteiger partial charge in [-0.3, -0.25) is 14.2 Å². The summed E-state index contributed by atoms with van der Waals surface area (Å²) < 4.78 is 1.71. The molecule has 0 N–H and O–H groups in total. The Labute approximate surface area is 158 Å². The van der Waals surface area contributed by atoms with Gasteiger partial charge in [0.1, 0.15) is 0 Å². The number of aromatic nitrogens is 2. The standard InChI is InChI=1S/C20H27N3O2S/c1-4-12-22-19(25)16-10-5-6-11-17(16)21-20(22)26-13-18(24)23-14(2)8-7-9-15(23)3/h5-6,10-11,14-15H,4,7-9,12-13H2,1-3H3. The van der Waals surface area contributed by atoms with Gasteiger partial charge in [-0.1, -0.05) is 30.8 Å². The van der Waals surface area contributed by atoms with Gasteiger partial charge in [-0.05, 0) is 51.7 Å². The van der Waals surface area contributed by atoms with Crippen LogP contribution < -0.4 is 5.56 Å². The topological polar surface area (TPSA) is 55.2 Å². The molecule has 3 rings (SSSR count). The van der Waals surface area contributed by atoms with Crippen molar-refractivity contribution in [1.29, 1.82) is 0 Å². The Hall–Kier alpha value is -1.82. The van der Waals surface area contributed by atoms with E-state index in [9.17, 15) is 9.59 Å². The van der Waals surface area contributed by atoms with Crippen LogP contribution in [0.5, 0.6) is 0 Å². The molecular weight excluding hydrogens is 346 g/mol. The second-order valence-electron chi connectivity index (χ2n) is 7.09. The summed E-state index contributed by atoms with van der Waals surface area (Å²) in [4.78, 5) is 32.3. The highest BCUT2D eigenvalue weighted by molar-refractivity contribution is 7.99. The number of carbonyl (C=O) groups excluding carboxylic acids is 1. The number of amides is 1. The Bertz CT molecular complexity index is 839. The van der Waals surface area contributed by atoms with Crippen molar-refractivity contribution in [1.82, 2.24) is 14.5 Å². The fourth-order valence-corrected chi connectivity index (χ4v) is 4.69. The Morgan fingerprint density at radius 2 is 1.92 bits per heavy atom. The van der Waals surface area contributed by atoms with E-state index in [2.05, 4.69) is 18.8 Å². The fourth-order valence-electron chi connectivity index (χ4n) is 3.79. The molecule has 1 amide bonds. The van der Waals surface area contributed by atoms with Crippen LogP contribution in [-0.4, -0.2) is 38.2 Å². The first-order valence-corrected chi connectivity index (χ1v) is 10.4. The summed E-state index contributed by atoms with van der Waals surface area (Å²) in [6, 6.07) is 7.98. The lowest BCUT2D eigenvalue weighted by Gasteiger charge is -2.39. The number of rotatable bonds is 5. The van der Waals surface area contributed by atoms with E-state index in [1.54, 1.807) is 4.57 Å². The molecule has 5 nitrogen and oxygen atoms in total. The van der Waals surface area contributed by atoms with Crippen LogP contribution in [0.1, 0.15) is 46.5 Å². The summed E-state index contributed by atoms with van der Waals surface area (Å²) in [6.07, 6.45) is 4.16. The molecule has 2 atom stereocenters. The molecule has 1 aromatic heterocycles. The molecule has 2 heterocycles. The zero-order valence-electron chi connectivity index (χ0n) is 15.8. The fraction of sp³-hybridized carbons (Fsp3) is 0.550. The van der Waals surface area contributed by atoms with Crippen LogP contribution in [0, 0.1) is 0 Å². The largest absolute Gasteiger partial charge is 0.337 e. The number of hydrogen-bond acceptors (Lipinski definition) is 4. The van der Waals surface area contributed by atoms with Crippen molar-refractivity contribution in [3.8, 4) is 0 Å². The van der Waals surface area contributed by atoms with Gasteiger partial charge in [0, 0.05) is 18.6 Å².